The number of anilines is 1. The number of carbonyl (C=O) groups excluding carboxylic acids is 1. The first kappa shape index (κ1) is 17.5. The molecular weight excluding hydrogens is 377 g/mol. The number of aromatic nitrogens is 2. The number of amides is 1. The van der Waals surface area contributed by atoms with Gasteiger partial charge in [-0.3, -0.25) is 4.79 Å². The number of halogens is 1. The molecule has 2 aliphatic rings. The molecule has 26 heavy (non-hydrogen) atoms. The van der Waals surface area contributed by atoms with Crippen LogP contribution in [0.15, 0.2) is 24.3 Å². The lowest BCUT2D eigenvalue weighted by Gasteiger charge is -2.17. The summed E-state index contributed by atoms with van der Waals surface area (Å²) in [7, 11) is -3.09. The second-order valence-electron chi connectivity index (χ2n) is 6.61. The Morgan fingerprint density at radius 2 is 2.12 bits per heavy atom. The fourth-order valence-corrected chi connectivity index (χ4v) is 6.48. The number of thioether (sulfide) groups is 1. The normalized spacial score (nSPS) is 24.8. The van der Waals surface area contributed by atoms with Crippen LogP contribution in [0.2, 0.25) is 0 Å². The molecule has 6 nitrogen and oxygen atoms in total. The van der Waals surface area contributed by atoms with Gasteiger partial charge >= 0.3 is 0 Å². The molecule has 0 saturated carbocycles. The zero-order valence-electron chi connectivity index (χ0n) is 14.1. The minimum atomic E-state index is -3.09. The van der Waals surface area contributed by atoms with E-state index in [2.05, 4.69) is 10.4 Å². The van der Waals surface area contributed by atoms with E-state index < -0.39 is 9.84 Å². The predicted octanol–water partition coefficient (Wildman–Crippen LogP) is 2.46. The first-order chi connectivity index (χ1) is 12.4. The monoisotopic (exact) mass is 395 g/mol. The van der Waals surface area contributed by atoms with E-state index in [0.717, 1.165) is 5.56 Å². The van der Waals surface area contributed by atoms with Crippen LogP contribution in [-0.2, 0) is 14.6 Å². The SMILES string of the molecule is Cc1nn(C2CCS(=O)(=O)C2)c2c1C(c1ccccc1F)SCC(=O)N2. The van der Waals surface area contributed by atoms with Crippen molar-refractivity contribution < 1.29 is 17.6 Å². The number of hydrogen-bond acceptors (Lipinski definition) is 5. The average molecular weight is 395 g/mol. The van der Waals surface area contributed by atoms with E-state index >= 15 is 0 Å². The number of rotatable bonds is 2. The van der Waals surface area contributed by atoms with Crippen molar-refractivity contribution in [2.75, 3.05) is 22.6 Å². The highest BCUT2D eigenvalue weighted by molar-refractivity contribution is 8.00. The molecule has 1 saturated heterocycles. The van der Waals surface area contributed by atoms with Gasteiger partial charge in [-0.2, -0.15) is 5.10 Å². The lowest BCUT2D eigenvalue weighted by atomic mass is 10.0. The molecule has 1 aromatic heterocycles. The van der Waals surface area contributed by atoms with Crippen molar-refractivity contribution in [3.05, 3.63) is 46.9 Å². The second-order valence-corrected chi connectivity index (χ2v) is 9.93. The molecule has 1 N–H and O–H groups in total. The van der Waals surface area contributed by atoms with Crippen LogP contribution in [0.3, 0.4) is 0 Å². The molecule has 2 aliphatic heterocycles. The Kier molecular flexibility index (Phi) is 4.31. The Bertz CT molecular complexity index is 987. The molecular formula is C17H18FN3O3S2. The highest BCUT2D eigenvalue weighted by Gasteiger charge is 2.36. The van der Waals surface area contributed by atoms with E-state index in [1.165, 1.54) is 17.8 Å². The molecule has 1 fully saturated rings. The number of hydrogen-bond donors (Lipinski definition) is 1. The zero-order chi connectivity index (χ0) is 18.5. The predicted molar refractivity (Wildman–Crippen MR) is 98.6 cm³/mol. The van der Waals surface area contributed by atoms with Gasteiger partial charge in [0.15, 0.2) is 9.84 Å². The summed E-state index contributed by atoms with van der Waals surface area (Å²) in [6.07, 6.45) is 0.462. The maximum absolute atomic E-state index is 14.4. The maximum Gasteiger partial charge on any atom is 0.235 e. The van der Waals surface area contributed by atoms with Crippen LogP contribution in [-0.4, -0.2) is 41.4 Å². The highest BCUT2D eigenvalue weighted by atomic mass is 32.2. The standard InChI is InChI=1S/C17H18FN3O3S2/c1-10-15-16(12-4-2-3-5-13(12)18)25-8-14(22)19-17(15)21(20-10)11-6-7-26(23,24)9-11/h2-5,11,16H,6-9H2,1H3,(H,19,22). The molecule has 2 unspecified atom stereocenters. The summed E-state index contributed by atoms with van der Waals surface area (Å²) in [5, 5.41) is 7.00. The molecule has 2 atom stereocenters. The molecule has 0 aliphatic carbocycles. The van der Waals surface area contributed by atoms with Crippen molar-refractivity contribution in [3.8, 4) is 0 Å². The molecule has 2 aromatic rings. The van der Waals surface area contributed by atoms with Crippen LogP contribution >= 0.6 is 11.8 Å². The molecule has 0 spiro atoms. The molecule has 0 radical (unpaired) electrons. The quantitative estimate of drug-likeness (QED) is 0.845. The van der Waals surface area contributed by atoms with Gasteiger partial charge in [0, 0.05) is 11.1 Å². The molecule has 138 valence electrons. The van der Waals surface area contributed by atoms with Crippen LogP contribution < -0.4 is 5.32 Å². The average Bonchev–Trinajstić information content (AvgIpc) is 3.03. The number of carbonyl (C=O) groups is 1. The number of benzene rings is 1. The number of nitrogens with one attached hydrogen (secondary N) is 1. The third-order valence-electron chi connectivity index (χ3n) is 4.77. The summed E-state index contributed by atoms with van der Waals surface area (Å²) in [5.74, 6) is 0.278. The van der Waals surface area contributed by atoms with Gasteiger partial charge in [0.25, 0.3) is 0 Å². The Balaban J connectivity index is 1.85. The van der Waals surface area contributed by atoms with Gasteiger partial charge in [-0.25, -0.2) is 17.5 Å². The first-order valence-electron chi connectivity index (χ1n) is 8.31. The molecule has 3 heterocycles. The van der Waals surface area contributed by atoms with Gasteiger partial charge in [-0.15, -0.1) is 11.8 Å². The third-order valence-corrected chi connectivity index (χ3v) is 7.78. The van der Waals surface area contributed by atoms with E-state index in [4.69, 9.17) is 0 Å². The van der Waals surface area contributed by atoms with Crippen molar-refractivity contribution in [2.24, 2.45) is 0 Å². The van der Waals surface area contributed by atoms with Crippen molar-refractivity contribution in [1.82, 2.24) is 9.78 Å². The van der Waals surface area contributed by atoms with E-state index in [9.17, 15) is 17.6 Å². The summed E-state index contributed by atoms with van der Waals surface area (Å²) in [6, 6.07) is 6.20. The number of nitrogens with zero attached hydrogens (tertiary/aromatic N) is 2. The van der Waals surface area contributed by atoms with Crippen molar-refractivity contribution in [2.45, 2.75) is 24.6 Å². The Morgan fingerprint density at radius 3 is 2.81 bits per heavy atom. The zero-order valence-corrected chi connectivity index (χ0v) is 15.7. The fraction of sp³-hybridized carbons (Fsp3) is 0.412. The van der Waals surface area contributed by atoms with Gasteiger partial charge < -0.3 is 5.32 Å². The van der Waals surface area contributed by atoms with Crippen molar-refractivity contribution in [1.29, 1.82) is 0 Å². The van der Waals surface area contributed by atoms with E-state index in [1.54, 1.807) is 22.9 Å². The highest BCUT2D eigenvalue weighted by Crippen LogP contribution is 2.45. The number of sulfone groups is 1. The summed E-state index contributed by atoms with van der Waals surface area (Å²) >= 11 is 1.35. The Morgan fingerprint density at radius 1 is 1.35 bits per heavy atom. The lowest BCUT2D eigenvalue weighted by molar-refractivity contribution is -0.113. The smallest absolute Gasteiger partial charge is 0.235 e. The first-order valence-corrected chi connectivity index (χ1v) is 11.2. The van der Waals surface area contributed by atoms with Crippen LogP contribution in [0.1, 0.15) is 34.5 Å². The van der Waals surface area contributed by atoms with Gasteiger partial charge in [0.2, 0.25) is 5.91 Å². The fourth-order valence-electron chi connectivity index (χ4n) is 3.57. The molecule has 4 rings (SSSR count). The van der Waals surface area contributed by atoms with Crippen LogP contribution in [0.4, 0.5) is 10.2 Å². The number of fused-ring (bicyclic) bond motifs is 1. The number of aryl methyl sites for hydroxylation is 1. The molecule has 1 amide bonds. The van der Waals surface area contributed by atoms with Crippen LogP contribution in [0.5, 0.6) is 0 Å². The third kappa shape index (κ3) is 3.03. The van der Waals surface area contributed by atoms with E-state index in [0.29, 0.717) is 23.5 Å². The summed E-state index contributed by atoms with van der Waals surface area (Å²) in [5.41, 5.74) is 1.92. The summed E-state index contributed by atoms with van der Waals surface area (Å²) in [6.45, 7) is 1.81. The Labute approximate surface area is 155 Å². The molecule has 1 aromatic carbocycles. The van der Waals surface area contributed by atoms with Gasteiger partial charge in [0.1, 0.15) is 11.6 Å². The molecule has 0 bridgehead atoms. The largest absolute Gasteiger partial charge is 0.310 e. The molecule has 9 heteroatoms. The van der Waals surface area contributed by atoms with Gasteiger partial charge in [-0.1, -0.05) is 18.2 Å². The van der Waals surface area contributed by atoms with Crippen molar-refractivity contribution in [3.63, 3.8) is 0 Å². The van der Waals surface area contributed by atoms with E-state index in [-0.39, 0.29) is 40.3 Å². The Hall–Kier alpha value is -1.87. The summed E-state index contributed by atoms with van der Waals surface area (Å²) < 4.78 is 39.8. The van der Waals surface area contributed by atoms with Crippen LogP contribution in [0.25, 0.3) is 0 Å². The minimum absolute atomic E-state index is 0.00788. The van der Waals surface area contributed by atoms with Gasteiger partial charge in [0.05, 0.1) is 34.2 Å². The second kappa shape index (κ2) is 6.38. The maximum atomic E-state index is 14.4. The lowest BCUT2D eigenvalue weighted by Crippen LogP contribution is -2.20. The van der Waals surface area contributed by atoms with Gasteiger partial charge in [-0.05, 0) is 19.4 Å². The van der Waals surface area contributed by atoms with Crippen LogP contribution in [0, 0.1) is 12.7 Å². The van der Waals surface area contributed by atoms with Crippen molar-refractivity contribution >= 4 is 33.3 Å². The minimum Gasteiger partial charge on any atom is -0.310 e. The van der Waals surface area contributed by atoms with E-state index in [1.807, 2.05) is 6.92 Å². The topological polar surface area (TPSA) is 81.1 Å². The summed E-state index contributed by atoms with van der Waals surface area (Å²) in [4.78, 5) is 12.2.